The van der Waals surface area contributed by atoms with Gasteiger partial charge in [0.15, 0.2) is 10.9 Å². The predicted molar refractivity (Wildman–Crippen MR) is 143 cm³/mol. The van der Waals surface area contributed by atoms with Crippen molar-refractivity contribution < 1.29 is 9.21 Å². The van der Waals surface area contributed by atoms with Crippen LogP contribution in [0.25, 0.3) is 32.1 Å². The summed E-state index contributed by atoms with van der Waals surface area (Å²) in [5.41, 5.74) is 3.19. The number of para-hydroxylation sites is 2. The molecule has 0 aliphatic carbocycles. The number of rotatable bonds is 4. The van der Waals surface area contributed by atoms with Gasteiger partial charge in [0.2, 0.25) is 0 Å². The molecule has 3 aromatic carbocycles. The predicted octanol–water partition coefficient (Wildman–Crippen LogP) is 7.66. The minimum Gasteiger partial charge on any atom is -0.451 e. The molecule has 0 saturated heterocycles. The van der Waals surface area contributed by atoms with Crippen LogP contribution in [0.4, 0.5) is 5.69 Å². The van der Waals surface area contributed by atoms with Gasteiger partial charge in [0.25, 0.3) is 5.91 Å². The van der Waals surface area contributed by atoms with E-state index in [1.54, 1.807) is 41.7 Å². The number of nitrogens with one attached hydrogen (secondary N) is 2. The van der Waals surface area contributed by atoms with Crippen LogP contribution < -0.4 is 10.6 Å². The Labute approximate surface area is 214 Å². The van der Waals surface area contributed by atoms with Crippen molar-refractivity contribution in [3.8, 4) is 21.9 Å². The number of anilines is 1. The van der Waals surface area contributed by atoms with Gasteiger partial charge in [-0.15, -0.1) is 11.3 Å². The Hall–Kier alpha value is -3.23. The number of hydrogen-bond acceptors (Lipinski definition) is 5. The number of halogens is 2. The molecule has 0 radical (unpaired) electrons. The normalized spacial score (nSPS) is 10.9. The van der Waals surface area contributed by atoms with E-state index in [9.17, 15) is 4.79 Å². The average Bonchev–Trinajstić information content (AvgIpc) is 3.47. The largest absolute Gasteiger partial charge is 0.451 e. The van der Waals surface area contributed by atoms with Gasteiger partial charge >= 0.3 is 0 Å². The number of carbonyl (C=O) groups is 1. The van der Waals surface area contributed by atoms with Gasteiger partial charge in [-0.1, -0.05) is 47.5 Å². The minimum atomic E-state index is -0.480. The second-order valence-corrected chi connectivity index (χ2v) is 9.51. The Morgan fingerprint density at radius 1 is 0.941 bits per heavy atom. The lowest BCUT2D eigenvalue weighted by Crippen LogP contribution is -2.34. The third kappa shape index (κ3) is 4.69. The molecule has 0 atom stereocenters. The number of thiazole rings is 1. The Kier molecular flexibility index (Phi) is 6.34. The van der Waals surface area contributed by atoms with Crippen molar-refractivity contribution in [2.24, 2.45) is 0 Å². The Balaban J connectivity index is 1.32. The molecule has 2 heterocycles. The van der Waals surface area contributed by atoms with Crippen LogP contribution >= 0.6 is 46.8 Å². The standard InChI is InChI=1S/C25H15Cl2N3O2S2/c26-14-9-10-15(17(27)13-14)20-11-12-21(32-20)23(31)30-25(33)29-18-6-2-1-5-16(18)24-28-19-7-3-4-8-22(19)34-24/h1-13H,(H2,29,30,31,33). The van der Waals surface area contributed by atoms with E-state index in [4.69, 9.17) is 44.8 Å². The van der Waals surface area contributed by atoms with Crippen molar-refractivity contribution in [3.63, 3.8) is 0 Å². The van der Waals surface area contributed by atoms with E-state index in [0.29, 0.717) is 21.4 Å². The minimum absolute atomic E-state index is 0.102. The van der Waals surface area contributed by atoms with Gasteiger partial charge in [0, 0.05) is 16.1 Å². The van der Waals surface area contributed by atoms with E-state index >= 15 is 0 Å². The zero-order valence-electron chi connectivity index (χ0n) is 17.3. The first kappa shape index (κ1) is 22.6. The molecule has 5 rings (SSSR count). The zero-order valence-corrected chi connectivity index (χ0v) is 20.5. The summed E-state index contributed by atoms with van der Waals surface area (Å²) < 4.78 is 6.79. The average molecular weight is 524 g/mol. The van der Waals surface area contributed by atoms with Crippen molar-refractivity contribution in [2.45, 2.75) is 0 Å². The topological polar surface area (TPSA) is 67.2 Å². The molecular weight excluding hydrogens is 509 g/mol. The summed E-state index contributed by atoms with van der Waals surface area (Å²) in [4.78, 5) is 17.4. The number of fused-ring (bicyclic) bond motifs is 1. The fourth-order valence-corrected chi connectivity index (χ4v) is 5.09. The number of furan rings is 1. The Morgan fingerprint density at radius 3 is 2.56 bits per heavy atom. The zero-order chi connectivity index (χ0) is 23.7. The van der Waals surface area contributed by atoms with Gasteiger partial charge in [0.1, 0.15) is 10.8 Å². The maximum absolute atomic E-state index is 12.7. The molecule has 0 aliphatic heterocycles. The number of amides is 1. The molecule has 0 fully saturated rings. The van der Waals surface area contributed by atoms with Crippen molar-refractivity contribution in [3.05, 3.63) is 94.7 Å². The molecule has 5 nitrogen and oxygen atoms in total. The van der Waals surface area contributed by atoms with Crippen LogP contribution in [0.1, 0.15) is 10.6 Å². The van der Waals surface area contributed by atoms with E-state index in [-0.39, 0.29) is 10.9 Å². The summed E-state index contributed by atoms with van der Waals surface area (Å²) in [6.07, 6.45) is 0. The first-order chi connectivity index (χ1) is 16.5. The van der Waals surface area contributed by atoms with Crippen LogP contribution in [0, 0.1) is 0 Å². The van der Waals surface area contributed by atoms with Crippen molar-refractivity contribution in [2.75, 3.05) is 5.32 Å². The van der Waals surface area contributed by atoms with Crippen molar-refractivity contribution in [1.82, 2.24) is 10.3 Å². The lowest BCUT2D eigenvalue weighted by atomic mass is 10.2. The van der Waals surface area contributed by atoms with Gasteiger partial charge in [0.05, 0.1) is 20.9 Å². The van der Waals surface area contributed by atoms with Crippen LogP contribution in [0.5, 0.6) is 0 Å². The summed E-state index contributed by atoms with van der Waals surface area (Å²) >= 11 is 19.2. The highest BCUT2D eigenvalue weighted by Gasteiger charge is 2.17. The molecule has 0 spiro atoms. The second-order valence-electron chi connectivity index (χ2n) is 7.23. The van der Waals surface area contributed by atoms with E-state index in [2.05, 4.69) is 10.6 Å². The number of aromatic nitrogens is 1. The summed E-state index contributed by atoms with van der Waals surface area (Å²) in [5, 5.41) is 7.69. The van der Waals surface area contributed by atoms with Gasteiger partial charge in [-0.25, -0.2) is 4.98 Å². The molecule has 0 bridgehead atoms. The first-order valence-corrected chi connectivity index (χ1v) is 12.1. The number of benzene rings is 3. The van der Waals surface area contributed by atoms with E-state index in [0.717, 1.165) is 26.5 Å². The third-order valence-electron chi connectivity index (χ3n) is 4.95. The lowest BCUT2D eigenvalue weighted by molar-refractivity contribution is 0.0951. The second kappa shape index (κ2) is 9.56. The monoisotopic (exact) mass is 523 g/mol. The molecule has 5 aromatic rings. The highest BCUT2D eigenvalue weighted by atomic mass is 35.5. The first-order valence-electron chi connectivity index (χ1n) is 10.1. The SMILES string of the molecule is O=C(NC(=S)Nc1ccccc1-c1nc2ccccc2s1)c1ccc(-c2ccc(Cl)cc2Cl)o1. The fraction of sp³-hybridized carbons (Fsp3) is 0. The summed E-state index contributed by atoms with van der Waals surface area (Å²) in [5.74, 6) is 0.0720. The molecule has 0 unspecified atom stereocenters. The maximum Gasteiger partial charge on any atom is 0.293 e. The maximum atomic E-state index is 12.7. The van der Waals surface area contributed by atoms with Gasteiger partial charge < -0.3 is 9.73 Å². The van der Waals surface area contributed by atoms with E-state index in [1.807, 2.05) is 48.5 Å². The quantitative estimate of drug-likeness (QED) is 0.236. The molecule has 0 aliphatic rings. The Bertz CT molecular complexity index is 1510. The molecule has 1 amide bonds. The van der Waals surface area contributed by atoms with Gasteiger partial charge in [-0.3, -0.25) is 10.1 Å². The van der Waals surface area contributed by atoms with Crippen LogP contribution in [0.3, 0.4) is 0 Å². The highest BCUT2D eigenvalue weighted by molar-refractivity contribution is 7.80. The van der Waals surface area contributed by atoms with Crippen molar-refractivity contribution in [1.29, 1.82) is 0 Å². The molecule has 9 heteroatoms. The van der Waals surface area contributed by atoms with E-state index < -0.39 is 5.91 Å². The summed E-state index contributed by atoms with van der Waals surface area (Å²) in [6, 6.07) is 23.9. The van der Waals surface area contributed by atoms with Gasteiger partial charge in [-0.05, 0) is 66.8 Å². The molecule has 168 valence electrons. The third-order valence-corrected chi connectivity index (χ3v) is 6.77. The number of carbonyl (C=O) groups excluding carboxylic acids is 1. The Morgan fingerprint density at radius 2 is 1.74 bits per heavy atom. The number of hydrogen-bond donors (Lipinski definition) is 2. The van der Waals surface area contributed by atoms with Crippen LogP contribution in [0.2, 0.25) is 10.0 Å². The molecule has 0 saturated carbocycles. The fourth-order valence-electron chi connectivity index (χ4n) is 3.38. The van der Waals surface area contributed by atoms with Gasteiger partial charge in [-0.2, -0.15) is 0 Å². The van der Waals surface area contributed by atoms with Crippen LogP contribution in [-0.2, 0) is 0 Å². The molecule has 2 aromatic heterocycles. The number of thiocarbonyl (C=S) groups is 1. The molecule has 34 heavy (non-hydrogen) atoms. The highest BCUT2D eigenvalue weighted by Crippen LogP contribution is 2.34. The molecular formula is C25H15Cl2N3O2S2. The van der Waals surface area contributed by atoms with E-state index in [1.165, 1.54) is 0 Å². The molecule has 2 N–H and O–H groups in total. The lowest BCUT2D eigenvalue weighted by Gasteiger charge is -2.11. The smallest absolute Gasteiger partial charge is 0.293 e. The van der Waals surface area contributed by atoms with Crippen LogP contribution in [-0.4, -0.2) is 16.0 Å². The summed E-state index contributed by atoms with van der Waals surface area (Å²) in [7, 11) is 0. The van der Waals surface area contributed by atoms with Crippen LogP contribution in [0.15, 0.2) is 83.3 Å². The number of nitrogens with zero attached hydrogens (tertiary/aromatic N) is 1. The van der Waals surface area contributed by atoms with Crippen molar-refractivity contribution >= 4 is 73.7 Å². The summed E-state index contributed by atoms with van der Waals surface area (Å²) in [6.45, 7) is 0.